The number of carbonyl (C=O) groups excluding carboxylic acids is 1. The van der Waals surface area contributed by atoms with Gasteiger partial charge >= 0.3 is 0 Å². The van der Waals surface area contributed by atoms with Gasteiger partial charge in [-0.3, -0.25) is 4.79 Å². The fourth-order valence-corrected chi connectivity index (χ4v) is 2.61. The summed E-state index contributed by atoms with van der Waals surface area (Å²) >= 11 is 3.54. The number of hydrogen-bond acceptors (Lipinski definition) is 8. The van der Waals surface area contributed by atoms with E-state index in [0.717, 1.165) is 10.0 Å². The van der Waals surface area contributed by atoms with E-state index in [1.54, 1.807) is 7.11 Å². The Morgan fingerprint density at radius 1 is 1.31 bits per heavy atom. The molecule has 0 bridgehead atoms. The van der Waals surface area contributed by atoms with E-state index in [-0.39, 0.29) is 17.6 Å². The summed E-state index contributed by atoms with van der Waals surface area (Å²) in [6.07, 6.45) is 0.0531. The normalized spacial score (nSPS) is 10.8. The van der Waals surface area contributed by atoms with E-state index in [0.29, 0.717) is 31.1 Å². The smallest absolute Gasteiger partial charge is 0.277 e. The highest BCUT2D eigenvalue weighted by atomic mass is 79.9. The molecular formula is C16H22BrN5O4. The fraction of sp³-hybridized carbons (Fsp3) is 0.438. The molecule has 0 aliphatic rings. The minimum absolute atomic E-state index is 0.0155. The summed E-state index contributed by atoms with van der Waals surface area (Å²) in [4.78, 5) is 11.8. The van der Waals surface area contributed by atoms with Gasteiger partial charge in [0.2, 0.25) is 11.5 Å². The lowest BCUT2D eigenvalue weighted by molar-refractivity contribution is 0.0944. The first-order chi connectivity index (χ1) is 12.4. The van der Waals surface area contributed by atoms with Crippen molar-refractivity contribution in [1.82, 2.24) is 20.9 Å². The maximum absolute atomic E-state index is 11.8. The van der Waals surface area contributed by atoms with Gasteiger partial charge in [0.05, 0.1) is 13.2 Å². The summed E-state index contributed by atoms with van der Waals surface area (Å²) in [6, 6.07) is 3.80. The monoisotopic (exact) mass is 427 g/mol. The molecule has 1 aromatic heterocycles. The van der Waals surface area contributed by atoms with Gasteiger partial charge in [0.1, 0.15) is 0 Å². The number of methoxy groups -OCH3 is 1. The van der Waals surface area contributed by atoms with Crippen molar-refractivity contribution in [2.24, 2.45) is 0 Å². The van der Waals surface area contributed by atoms with Crippen LogP contribution in [0, 0.1) is 0 Å². The van der Waals surface area contributed by atoms with E-state index < -0.39 is 5.91 Å². The van der Waals surface area contributed by atoms with Gasteiger partial charge in [-0.05, 0) is 41.9 Å². The number of hydrogen-bond donors (Lipinski definition) is 3. The first-order valence-corrected chi connectivity index (χ1v) is 8.81. The molecule has 9 nitrogen and oxygen atoms in total. The maximum atomic E-state index is 11.8. The van der Waals surface area contributed by atoms with Crippen molar-refractivity contribution in [3.63, 3.8) is 0 Å². The molecule has 0 saturated heterocycles. The van der Waals surface area contributed by atoms with Crippen molar-refractivity contribution >= 4 is 27.7 Å². The van der Waals surface area contributed by atoms with Crippen LogP contribution >= 0.6 is 15.9 Å². The molecule has 10 heteroatoms. The lowest BCUT2D eigenvalue weighted by Crippen LogP contribution is -2.32. The van der Waals surface area contributed by atoms with Crippen molar-refractivity contribution in [3.8, 4) is 11.5 Å². The summed E-state index contributed by atoms with van der Waals surface area (Å²) in [5, 5.41) is 12.7. The molecule has 0 aliphatic carbocycles. The average molecular weight is 428 g/mol. The Balaban J connectivity index is 1.84. The number of carbonyl (C=O) groups is 1. The number of aromatic nitrogens is 2. The molecule has 0 fully saturated rings. The SMILES string of the molecule is COc1cc(CNCCNC(=O)c2nonc2N)c(Br)cc1OC(C)C. The van der Waals surface area contributed by atoms with Gasteiger partial charge in [0.15, 0.2) is 11.5 Å². The Morgan fingerprint density at radius 2 is 2.08 bits per heavy atom. The number of nitrogens with one attached hydrogen (secondary N) is 2. The fourth-order valence-electron chi connectivity index (χ4n) is 2.14. The Hall–Kier alpha value is -2.33. The van der Waals surface area contributed by atoms with Gasteiger partial charge in [-0.15, -0.1) is 0 Å². The second-order valence-corrected chi connectivity index (χ2v) is 6.55. The maximum Gasteiger partial charge on any atom is 0.277 e. The molecule has 2 rings (SSSR count). The molecule has 0 atom stereocenters. The molecule has 1 aromatic carbocycles. The molecular weight excluding hydrogens is 406 g/mol. The van der Waals surface area contributed by atoms with Crippen LogP contribution in [0.5, 0.6) is 11.5 Å². The third kappa shape index (κ3) is 5.33. The zero-order valence-corrected chi connectivity index (χ0v) is 16.4. The van der Waals surface area contributed by atoms with Crippen molar-refractivity contribution in [2.45, 2.75) is 26.5 Å². The number of anilines is 1. The first kappa shape index (κ1) is 20.0. The van der Waals surface area contributed by atoms with Crippen molar-refractivity contribution in [2.75, 3.05) is 25.9 Å². The van der Waals surface area contributed by atoms with Crippen LogP contribution in [-0.2, 0) is 6.54 Å². The van der Waals surface area contributed by atoms with Crippen molar-refractivity contribution in [1.29, 1.82) is 0 Å². The third-order valence-electron chi connectivity index (χ3n) is 3.33. The molecule has 0 spiro atoms. The van der Waals surface area contributed by atoms with E-state index in [4.69, 9.17) is 15.2 Å². The van der Waals surface area contributed by atoms with Crippen molar-refractivity contribution < 1.29 is 18.9 Å². The topological polar surface area (TPSA) is 125 Å². The van der Waals surface area contributed by atoms with E-state index in [9.17, 15) is 4.79 Å². The molecule has 4 N–H and O–H groups in total. The lowest BCUT2D eigenvalue weighted by atomic mass is 10.2. The Bertz CT molecular complexity index is 750. The summed E-state index contributed by atoms with van der Waals surface area (Å²) in [5.74, 6) is 0.893. The van der Waals surface area contributed by atoms with Crippen LogP contribution in [0.2, 0.25) is 0 Å². The average Bonchev–Trinajstić information content (AvgIpc) is 3.01. The predicted molar refractivity (Wildman–Crippen MR) is 99.2 cm³/mol. The molecule has 2 aromatic rings. The van der Waals surface area contributed by atoms with Crippen LogP contribution in [0.4, 0.5) is 5.82 Å². The Morgan fingerprint density at radius 3 is 2.69 bits per heavy atom. The molecule has 26 heavy (non-hydrogen) atoms. The van der Waals surface area contributed by atoms with Gasteiger partial charge in [0, 0.05) is 24.1 Å². The van der Waals surface area contributed by atoms with Crippen LogP contribution in [0.15, 0.2) is 21.2 Å². The number of rotatable bonds is 9. The number of halogens is 1. The number of benzene rings is 1. The highest BCUT2D eigenvalue weighted by molar-refractivity contribution is 9.10. The molecule has 0 aliphatic heterocycles. The molecule has 0 radical (unpaired) electrons. The molecule has 0 saturated carbocycles. The number of nitrogens with two attached hydrogens (primary N) is 1. The van der Waals surface area contributed by atoms with E-state index in [1.807, 2.05) is 26.0 Å². The summed E-state index contributed by atoms with van der Waals surface area (Å²) < 4.78 is 16.4. The minimum atomic E-state index is -0.427. The van der Waals surface area contributed by atoms with Crippen LogP contribution in [-0.4, -0.2) is 42.5 Å². The van der Waals surface area contributed by atoms with Gasteiger partial charge in [-0.1, -0.05) is 15.9 Å². The number of amides is 1. The van der Waals surface area contributed by atoms with Gasteiger partial charge < -0.3 is 25.8 Å². The second kappa shape index (κ2) is 9.39. The Kier molecular flexibility index (Phi) is 7.22. The quantitative estimate of drug-likeness (QED) is 0.516. The summed E-state index contributed by atoms with van der Waals surface area (Å²) in [7, 11) is 1.60. The summed E-state index contributed by atoms with van der Waals surface area (Å²) in [6.45, 7) is 5.45. The molecule has 142 valence electrons. The Labute approximate surface area is 159 Å². The molecule has 0 unspecified atom stereocenters. The van der Waals surface area contributed by atoms with Gasteiger partial charge in [0.25, 0.3) is 5.91 Å². The lowest BCUT2D eigenvalue weighted by Gasteiger charge is -2.16. The van der Waals surface area contributed by atoms with Crippen LogP contribution in [0.1, 0.15) is 29.9 Å². The number of nitrogens with zero attached hydrogens (tertiary/aromatic N) is 2. The van der Waals surface area contributed by atoms with E-state index >= 15 is 0 Å². The first-order valence-electron chi connectivity index (χ1n) is 8.02. The number of ether oxygens (including phenoxy) is 2. The standard InChI is InChI=1S/C16H22BrN5O4/c1-9(2)25-13-7-11(17)10(6-12(13)24-3)8-19-4-5-20-16(23)14-15(18)22-26-21-14/h6-7,9,19H,4-5,8H2,1-3H3,(H2,18,22)(H,20,23). The largest absolute Gasteiger partial charge is 0.493 e. The zero-order chi connectivity index (χ0) is 19.1. The van der Waals surface area contributed by atoms with Crippen LogP contribution in [0.3, 0.4) is 0 Å². The van der Waals surface area contributed by atoms with E-state index in [1.165, 1.54) is 0 Å². The highest BCUT2D eigenvalue weighted by Gasteiger charge is 2.15. The molecule has 1 amide bonds. The predicted octanol–water partition coefficient (Wildman–Crippen LogP) is 1.73. The summed E-state index contributed by atoms with van der Waals surface area (Å²) in [5.41, 5.74) is 6.46. The van der Waals surface area contributed by atoms with Gasteiger partial charge in [-0.2, -0.15) is 0 Å². The van der Waals surface area contributed by atoms with E-state index in [2.05, 4.69) is 41.5 Å². The van der Waals surface area contributed by atoms with Crippen molar-refractivity contribution in [3.05, 3.63) is 27.9 Å². The number of nitrogen functional groups attached to an aromatic ring is 1. The highest BCUT2D eigenvalue weighted by Crippen LogP contribution is 2.34. The van der Waals surface area contributed by atoms with Crippen LogP contribution < -0.4 is 25.8 Å². The van der Waals surface area contributed by atoms with Crippen LogP contribution in [0.25, 0.3) is 0 Å². The molecule has 1 heterocycles. The minimum Gasteiger partial charge on any atom is -0.493 e. The second-order valence-electron chi connectivity index (χ2n) is 5.69. The third-order valence-corrected chi connectivity index (χ3v) is 4.07. The zero-order valence-electron chi connectivity index (χ0n) is 14.8. The van der Waals surface area contributed by atoms with Gasteiger partial charge in [-0.25, -0.2) is 4.63 Å².